The first kappa shape index (κ1) is 23.3. The summed E-state index contributed by atoms with van der Waals surface area (Å²) in [6.45, 7) is 2.71. The Bertz CT molecular complexity index is 1470. The Hall–Kier alpha value is -4.11. The molecule has 3 aromatic heterocycles. The van der Waals surface area contributed by atoms with Gasteiger partial charge in [-0.25, -0.2) is 4.98 Å². The van der Waals surface area contributed by atoms with Crippen LogP contribution in [0.2, 0.25) is 0 Å². The van der Waals surface area contributed by atoms with E-state index in [2.05, 4.69) is 49.2 Å². The highest BCUT2D eigenvalue weighted by Crippen LogP contribution is 2.27. The summed E-state index contributed by atoms with van der Waals surface area (Å²) in [4.78, 5) is 20.9. The van der Waals surface area contributed by atoms with Gasteiger partial charge < -0.3 is 9.47 Å². The van der Waals surface area contributed by atoms with Crippen molar-refractivity contribution in [1.29, 1.82) is 0 Å². The predicted octanol–water partition coefficient (Wildman–Crippen LogP) is 5.26. The Labute approximate surface area is 219 Å². The topological polar surface area (TPSA) is 92.6 Å². The smallest absolute Gasteiger partial charge is 0.204 e. The third-order valence-corrected chi connectivity index (χ3v) is 7.66. The minimum Gasteiger partial charge on any atom is -0.348 e. The second-order valence-electron chi connectivity index (χ2n) is 9.31. The van der Waals surface area contributed by atoms with E-state index >= 15 is 0 Å². The number of rotatable bonds is 8. The van der Waals surface area contributed by atoms with Gasteiger partial charge in [0.25, 0.3) is 0 Å². The van der Waals surface area contributed by atoms with Gasteiger partial charge in [0.2, 0.25) is 5.82 Å². The van der Waals surface area contributed by atoms with Gasteiger partial charge in [-0.2, -0.15) is 5.21 Å². The molecule has 1 aliphatic heterocycles. The fraction of sp³-hybridized carbons (Fsp3) is 0.250. The second kappa shape index (κ2) is 10.5. The summed E-state index contributed by atoms with van der Waals surface area (Å²) < 4.78 is 2.05. The van der Waals surface area contributed by atoms with Crippen molar-refractivity contribution >= 4 is 22.3 Å². The number of benzene rings is 2. The molecule has 0 saturated carbocycles. The normalized spacial score (nSPS) is 13.7. The van der Waals surface area contributed by atoms with E-state index in [1.807, 2.05) is 53.1 Å². The predicted molar refractivity (Wildman–Crippen MR) is 145 cm³/mol. The van der Waals surface area contributed by atoms with Crippen molar-refractivity contribution < 1.29 is 4.79 Å². The number of H-pyrrole nitrogens is 1. The molecular formula is C28H27N7OS. The summed E-state index contributed by atoms with van der Waals surface area (Å²) in [5.41, 5.74) is 5.59. The molecule has 1 N–H and O–H groups in total. The Morgan fingerprint density at radius 1 is 0.946 bits per heavy atom. The SMILES string of the molecule is O=C(Cc1ccc(-c2nn[nH]n2)cc1)c1cc(-c2ccccc2)cn1Cc1csc(N2CCCCC2)n1. The number of nitrogens with one attached hydrogen (secondary N) is 1. The lowest BCUT2D eigenvalue weighted by Gasteiger charge is -2.25. The van der Waals surface area contributed by atoms with Gasteiger partial charge in [0.15, 0.2) is 10.9 Å². The molecule has 2 aromatic carbocycles. The fourth-order valence-electron chi connectivity index (χ4n) is 4.77. The van der Waals surface area contributed by atoms with Crippen molar-refractivity contribution in [1.82, 2.24) is 30.2 Å². The highest BCUT2D eigenvalue weighted by atomic mass is 32.1. The molecule has 1 aliphatic rings. The molecule has 37 heavy (non-hydrogen) atoms. The second-order valence-corrected chi connectivity index (χ2v) is 10.1. The molecule has 1 fully saturated rings. The van der Waals surface area contributed by atoms with Crippen LogP contribution in [0.4, 0.5) is 5.13 Å². The molecule has 6 rings (SSSR count). The summed E-state index contributed by atoms with van der Waals surface area (Å²) >= 11 is 1.70. The maximum atomic E-state index is 13.5. The molecule has 9 heteroatoms. The van der Waals surface area contributed by atoms with E-state index in [1.165, 1.54) is 19.3 Å². The summed E-state index contributed by atoms with van der Waals surface area (Å²) in [5, 5.41) is 17.3. The van der Waals surface area contributed by atoms with E-state index in [0.29, 0.717) is 24.5 Å². The number of aromatic amines is 1. The van der Waals surface area contributed by atoms with E-state index in [9.17, 15) is 4.79 Å². The molecule has 0 unspecified atom stereocenters. The number of tetrazole rings is 1. The van der Waals surface area contributed by atoms with Crippen LogP contribution in [-0.2, 0) is 13.0 Å². The lowest BCUT2D eigenvalue weighted by atomic mass is 10.0. The zero-order chi connectivity index (χ0) is 25.0. The van der Waals surface area contributed by atoms with Crippen LogP contribution in [0.3, 0.4) is 0 Å². The van der Waals surface area contributed by atoms with Gasteiger partial charge >= 0.3 is 0 Å². The minimum absolute atomic E-state index is 0.0703. The zero-order valence-electron chi connectivity index (χ0n) is 20.4. The average Bonchev–Trinajstić information content (AvgIpc) is 3.72. The van der Waals surface area contributed by atoms with Crippen molar-refractivity contribution in [3.63, 3.8) is 0 Å². The number of carbonyl (C=O) groups is 1. The van der Waals surface area contributed by atoms with Crippen LogP contribution in [0.15, 0.2) is 72.2 Å². The molecule has 0 spiro atoms. The van der Waals surface area contributed by atoms with Gasteiger partial charge in [-0.15, -0.1) is 21.5 Å². The number of hydrogen-bond acceptors (Lipinski definition) is 7. The van der Waals surface area contributed by atoms with E-state index < -0.39 is 0 Å². The quantitative estimate of drug-likeness (QED) is 0.287. The molecule has 8 nitrogen and oxygen atoms in total. The minimum atomic E-state index is 0.0703. The van der Waals surface area contributed by atoms with Crippen LogP contribution in [0.5, 0.6) is 0 Å². The molecular weight excluding hydrogens is 482 g/mol. The monoisotopic (exact) mass is 509 g/mol. The van der Waals surface area contributed by atoms with Crippen LogP contribution >= 0.6 is 11.3 Å². The number of Topliss-reactive ketones (excluding diaryl/α,β-unsaturated/α-hetero) is 1. The highest BCUT2D eigenvalue weighted by Gasteiger charge is 2.18. The number of anilines is 1. The molecule has 0 atom stereocenters. The van der Waals surface area contributed by atoms with E-state index in [4.69, 9.17) is 4.98 Å². The fourth-order valence-corrected chi connectivity index (χ4v) is 5.64. The van der Waals surface area contributed by atoms with Crippen LogP contribution in [0, 0.1) is 0 Å². The van der Waals surface area contributed by atoms with Crippen LogP contribution < -0.4 is 4.90 Å². The molecule has 186 valence electrons. The van der Waals surface area contributed by atoms with Gasteiger partial charge in [-0.05, 0) is 41.7 Å². The first-order valence-corrected chi connectivity index (χ1v) is 13.4. The molecule has 0 bridgehead atoms. The number of thiazole rings is 1. The maximum absolute atomic E-state index is 13.5. The highest BCUT2D eigenvalue weighted by molar-refractivity contribution is 7.13. The summed E-state index contributed by atoms with van der Waals surface area (Å²) in [6.07, 6.45) is 6.12. The average molecular weight is 510 g/mol. The van der Waals surface area contributed by atoms with Crippen LogP contribution in [0.1, 0.15) is 41.0 Å². The standard InChI is InChI=1S/C28H27N7OS/c36-26(15-20-9-11-22(12-10-20)27-30-32-33-31-27)25-16-23(21-7-3-1-4-8-21)17-35(25)18-24-19-37-28(29-24)34-13-5-2-6-14-34/h1,3-4,7-12,16-17,19H,2,5-6,13-15,18H2,(H,30,31,32,33). The largest absolute Gasteiger partial charge is 0.348 e. The van der Waals surface area contributed by atoms with E-state index in [-0.39, 0.29) is 5.78 Å². The van der Waals surface area contributed by atoms with Gasteiger partial charge in [-0.3, -0.25) is 4.79 Å². The van der Waals surface area contributed by atoms with Crippen molar-refractivity contribution in [2.45, 2.75) is 32.2 Å². The zero-order valence-corrected chi connectivity index (χ0v) is 21.2. The molecule has 0 amide bonds. The van der Waals surface area contributed by atoms with E-state index in [1.54, 1.807) is 11.3 Å². The van der Waals surface area contributed by atoms with E-state index in [0.717, 1.165) is 46.2 Å². The molecule has 1 saturated heterocycles. The number of ketones is 1. The number of nitrogens with zero attached hydrogens (tertiary/aromatic N) is 6. The van der Waals surface area contributed by atoms with Gasteiger partial charge in [0, 0.05) is 42.2 Å². The maximum Gasteiger partial charge on any atom is 0.204 e. The van der Waals surface area contributed by atoms with Crippen molar-refractivity contribution in [3.05, 3.63) is 89.2 Å². The third-order valence-electron chi connectivity index (χ3n) is 6.71. The summed E-state index contributed by atoms with van der Waals surface area (Å²) in [5.74, 6) is 0.604. The molecule has 4 heterocycles. The van der Waals surface area contributed by atoms with Gasteiger partial charge in [-0.1, -0.05) is 54.6 Å². The van der Waals surface area contributed by atoms with Crippen molar-refractivity contribution in [3.8, 4) is 22.5 Å². The van der Waals surface area contributed by atoms with Crippen LogP contribution in [-0.4, -0.2) is 49.0 Å². The molecule has 5 aromatic rings. The van der Waals surface area contributed by atoms with Gasteiger partial charge in [0.05, 0.1) is 17.9 Å². The van der Waals surface area contributed by atoms with Crippen LogP contribution in [0.25, 0.3) is 22.5 Å². The summed E-state index contributed by atoms with van der Waals surface area (Å²) in [6, 6.07) is 19.9. The lowest BCUT2D eigenvalue weighted by molar-refractivity contribution is 0.0984. The van der Waals surface area contributed by atoms with Crippen molar-refractivity contribution in [2.75, 3.05) is 18.0 Å². The number of hydrogen-bond donors (Lipinski definition) is 1. The number of piperidine rings is 1. The Morgan fingerprint density at radius 3 is 2.51 bits per heavy atom. The number of carbonyl (C=O) groups excluding carboxylic acids is 1. The third kappa shape index (κ3) is 5.22. The first-order valence-electron chi connectivity index (χ1n) is 12.5. The molecule has 0 radical (unpaired) electrons. The number of aromatic nitrogens is 6. The Morgan fingerprint density at radius 2 is 1.76 bits per heavy atom. The Kier molecular flexibility index (Phi) is 6.60. The Balaban J connectivity index is 1.25. The van der Waals surface area contributed by atoms with Crippen molar-refractivity contribution in [2.24, 2.45) is 0 Å². The molecule has 0 aliphatic carbocycles. The van der Waals surface area contributed by atoms with Gasteiger partial charge in [0.1, 0.15) is 0 Å². The summed E-state index contributed by atoms with van der Waals surface area (Å²) in [7, 11) is 0. The first-order chi connectivity index (χ1) is 18.2. The lowest BCUT2D eigenvalue weighted by Crippen LogP contribution is -2.29.